The van der Waals surface area contributed by atoms with Crippen LogP contribution in [0.4, 0.5) is 11.4 Å². The number of amides is 2. The molecule has 3 aromatic rings. The maximum atomic E-state index is 13.0. The molecule has 1 atom stereocenters. The molecule has 1 aliphatic rings. The molecule has 0 radical (unpaired) electrons. The Kier molecular flexibility index (Phi) is 8.12. The molecule has 172 valence electrons. The number of hydrogen-bond donors (Lipinski definition) is 1. The number of benzene rings is 3. The SMILES string of the molecule is CC(=O)Nc1ccc(Cl)cc1.COc1ccc(C(=O)N2c3cc(C)ccc3CC[C@@H]2C)cc1. The van der Waals surface area contributed by atoms with Crippen LogP contribution in [0.1, 0.15) is 41.8 Å². The lowest BCUT2D eigenvalue weighted by Crippen LogP contribution is -2.42. The summed E-state index contributed by atoms with van der Waals surface area (Å²) in [7, 11) is 1.63. The van der Waals surface area contributed by atoms with E-state index in [9.17, 15) is 9.59 Å². The van der Waals surface area contributed by atoms with Crippen LogP contribution in [0.5, 0.6) is 5.75 Å². The van der Waals surface area contributed by atoms with Gasteiger partial charge in [0.1, 0.15) is 5.75 Å². The molecule has 0 unspecified atom stereocenters. The average molecular weight is 465 g/mol. The average Bonchev–Trinajstić information content (AvgIpc) is 2.80. The van der Waals surface area contributed by atoms with Crippen LogP contribution < -0.4 is 15.0 Å². The van der Waals surface area contributed by atoms with E-state index in [-0.39, 0.29) is 17.9 Å². The summed E-state index contributed by atoms with van der Waals surface area (Å²) in [6.45, 7) is 5.65. The first-order valence-electron chi connectivity index (χ1n) is 10.9. The van der Waals surface area contributed by atoms with E-state index >= 15 is 0 Å². The van der Waals surface area contributed by atoms with Gasteiger partial charge in [-0.15, -0.1) is 0 Å². The van der Waals surface area contributed by atoms with E-state index in [1.807, 2.05) is 29.2 Å². The zero-order valence-corrected chi connectivity index (χ0v) is 20.1. The lowest BCUT2D eigenvalue weighted by atomic mass is 9.94. The van der Waals surface area contributed by atoms with E-state index in [0.29, 0.717) is 10.6 Å². The van der Waals surface area contributed by atoms with Crippen molar-refractivity contribution in [3.8, 4) is 5.75 Å². The van der Waals surface area contributed by atoms with Crippen molar-refractivity contribution in [2.75, 3.05) is 17.3 Å². The van der Waals surface area contributed by atoms with E-state index < -0.39 is 0 Å². The minimum atomic E-state index is -0.0766. The predicted molar refractivity (Wildman–Crippen MR) is 135 cm³/mol. The molecule has 2 amide bonds. The van der Waals surface area contributed by atoms with Crippen LogP contribution in [0.2, 0.25) is 5.02 Å². The van der Waals surface area contributed by atoms with Gasteiger partial charge in [-0.3, -0.25) is 9.59 Å². The van der Waals surface area contributed by atoms with Crippen LogP contribution in [-0.4, -0.2) is 25.0 Å². The third kappa shape index (κ3) is 6.36. The molecule has 0 fully saturated rings. The van der Waals surface area contributed by atoms with Gasteiger partial charge in [-0.1, -0.05) is 23.7 Å². The van der Waals surface area contributed by atoms with Crippen LogP contribution in [0.15, 0.2) is 66.7 Å². The van der Waals surface area contributed by atoms with Crippen molar-refractivity contribution in [1.29, 1.82) is 0 Å². The number of ether oxygens (including phenoxy) is 1. The lowest BCUT2D eigenvalue weighted by molar-refractivity contribution is -0.114. The summed E-state index contributed by atoms with van der Waals surface area (Å²) in [5.41, 5.74) is 4.95. The van der Waals surface area contributed by atoms with Crippen LogP contribution in [0.25, 0.3) is 0 Å². The zero-order chi connectivity index (χ0) is 24.0. The van der Waals surface area contributed by atoms with Crippen molar-refractivity contribution in [1.82, 2.24) is 0 Å². The summed E-state index contributed by atoms with van der Waals surface area (Å²) in [6.07, 6.45) is 2.03. The smallest absolute Gasteiger partial charge is 0.258 e. The second-order valence-electron chi connectivity index (χ2n) is 8.11. The fourth-order valence-electron chi connectivity index (χ4n) is 3.76. The molecular formula is C27H29ClN2O3. The molecular weight excluding hydrogens is 436 g/mol. The summed E-state index contributed by atoms with van der Waals surface area (Å²) in [6, 6.07) is 20.9. The van der Waals surface area contributed by atoms with Gasteiger partial charge >= 0.3 is 0 Å². The molecule has 0 spiro atoms. The van der Waals surface area contributed by atoms with Crippen molar-refractivity contribution >= 4 is 34.8 Å². The Morgan fingerprint density at radius 3 is 2.30 bits per heavy atom. The zero-order valence-electron chi connectivity index (χ0n) is 19.4. The van der Waals surface area contributed by atoms with E-state index in [1.54, 1.807) is 31.4 Å². The molecule has 1 N–H and O–H groups in total. The molecule has 0 saturated carbocycles. The molecule has 1 heterocycles. The van der Waals surface area contributed by atoms with Crippen molar-refractivity contribution in [3.05, 3.63) is 88.4 Å². The molecule has 1 aliphatic heterocycles. The molecule has 0 aliphatic carbocycles. The number of rotatable bonds is 3. The molecule has 6 heteroatoms. The maximum Gasteiger partial charge on any atom is 0.258 e. The van der Waals surface area contributed by atoms with Gasteiger partial charge in [-0.05, 0) is 92.4 Å². The van der Waals surface area contributed by atoms with Gasteiger partial charge in [0.05, 0.1) is 7.11 Å². The van der Waals surface area contributed by atoms with Gasteiger partial charge in [0.25, 0.3) is 5.91 Å². The van der Waals surface area contributed by atoms with Gasteiger partial charge < -0.3 is 15.0 Å². The van der Waals surface area contributed by atoms with Crippen LogP contribution >= 0.6 is 11.6 Å². The van der Waals surface area contributed by atoms with E-state index in [4.69, 9.17) is 16.3 Å². The third-order valence-electron chi connectivity index (χ3n) is 5.49. The molecule has 33 heavy (non-hydrogen) atoms. The van der Waals surface area contributed by atoms with E-state index in [0.717, 1.165) is 30.0 Å². The first-order chi connectivity index (χ1) is 15.8. The number of carbonyl (C=O) groups is 2. The molecule has 0 aromatic heterocycles. The van der Waals surface area contributed by atoms with E-state index in [1.165, 1.54) is 18.1 Å². The van der Waals surface area contributed by atoms with Crippen molar-refractivity contribution < 1.29 is 14.3 Å². The summed E-state index contributed by atoms with van der Waals surface area (Å²) < 4.78 is 5.16. The van der Waals surface area contributed by atoms with Crippen LogP contribution in [-0.2, 0) is 11.2 Å². The maximum absolute atomic E-state index is 13.0. The van der Waals surface area contributed by atoms with Gasteiger partial charge in [-0.25, -0.2) is 0 Å². The highest BCUT2D eigenvalue weighted by molar-refractivity contribution is 6.30. The predicted octanol–water partition coefficient (Wildman–Crippen LogP) is 6.28. The number of methoxy groups -OCH3 is 1. The van der Waals surface area contributed by atoms with E-state index in [2.05, 4.69) is 37.4 Å². The quantitative estimate of drug-likeness (QED) is 0.496. The summed E-state index contributed by atoms with van der Waals surface area (Å²) in [5.74, 6) is 0.744. The minimum Gasteiger partial charge on any atom is -0.497 e. The molecule has 4 rings (SSSR count). The van der Waals surface area contributed by atoms with Crippen molar-refractivity contribution in [3.63, 3.8) is 0 Å². The van der Waals surface area contributed by atoms with Crippen LogP contribution in [0.3, 0.4) is 0 Å². The Labute approximate surface area is 200 Å². The lowest BCUT2D eigenvalue weighted by Gasteiger charge is -2.35. The second kappa shape index (κ2) is 11.0. The van der Waals surface area contributed by atoms with Crippen molar-refractivity contribution in [2.24, 2.45) is 0 Å². The summed E-state index contributed by atoms with van der Waals surface area (Å²) >= 11 is 5.64. The molecule has 0 bridgehead atoms. The first kappa shape index (κ1) is 24.3. The van der Waals surface area contributed by atoms with Crippen LogP contribution in [0, 0.1) is 6.92 Å². The molecule has 3 aromatic carbocycles. The number of fused-ring (bicyclic) bond motifs is 1. The Morgan fingerprint density at radius 1 is 1.03 bits per heavy atom. The summed E-state index contributed by atoms with van der Waals surface area (Å²) in [5, 5.41) is 3.30. The Hall–Kier alpha value is -3.31. The van der Waals surface area contributed by atoms with Gasteiger partial charge in [-0.2, -0.15) is 0 Å². The Bertz CT molecular complexity index is 1110. The largest absolute Gasteiger partial charge is 0.497 e. The van der Waals surface area contributed by atoms with Gasteiger partial charge in [0.15, 0.2) is 0 Å². The fraction of sp³-hybridized carbons (Fsp3) is 0.259. The number of nitrogens with one attached hydrogen (secondary N) is 1. The number of halogens is 1. The van der Waals surface area contributed by atoms with Gasteiger partial charge in [0.2, 0.25) is 5.91 Å². The van der Waals surface area contributed by atoms with Gasteiger partial charge in [0, 0.05) is 34.9 Å². The first-order valence-corrected chi connectivity index (χ1v) is 11.3. The Balaban J connectivity index is 0.000000235. The third-order valence-corrected chi connectivity index (χ3v) is 5.74. The standard InChI is InChI=1S/C19H21NO2.C8H8ClNO/c1-13-4-6-15-7-5-14(2)20(18(15)12-13)19(21)16-8-10-17(22-3)11-9-16;1-6(11)10-8-4-2-7(9)3-5-8/h4,6,8-12,14H,5,7H2,1-3H3;2-5H,1H3,(H,10,11)/t14-;/m0./s1. The number of carbonyl (C=O) groups excluding carboxylic acids is 2. The second-order valence-corrected chi connectivity index (χ2v) is 8.55. The number of aryl methyl sites for hydroxylation is 2. The fourth-order valence-corrected chi connectivity index (χ4v) is 3.89. The number of nitrogens with zero attached hydrogens (tertiary/aromatic N) is 1. The topological polar surface area (TPSA) is 58.6 Å². The molecule has 5 nitrogen and oxygen atoms in total. The highest BCUT2D eigenvalue weighted by Gasteiger charge is 2.29. The Morgan fingerprint density at radius 2 is 1.70 bits per heavy atom. The number of hydrogen-bond acceptors (Lipinski definition) is 3. The number of anilines is 2. The normalized spacial score (nSPS) is 14.5. The highest BCUT2D eigenvalue weighted by Crippen LogP contribution is 2.33. The highest BCUT2D eigenvalue weighted by atomic mass is 35.5. The molecule has 0 saturated heterocycles. The monoisotopic (exact) mass is 464 g/mol. The summed E-state index contributed by atoms with van der Waals surface area (Å²) in [4.78, 5) is 25.5. The minimum absolute atomic E-state index is 0.0571. The van der Waals surface area contributed by atoms with Crippen molar-refractivity contribution in [2.45, 2.75) is 39.7 Å².